The monoisotopic (exact) mass is 422 g/mol. The summed E-state index contributed by atoms with van der Waals surface area (Å²) in [5.74, 6) is 1.56. The molecule has 0 unspecified atom stereocenters. The van der Waals surface area contributed by atoms with Crippen molar-refractivity contribution in [1.82, 2.24) is 20.2 Å². The molecule has 7 heteroatoms. The number of likely N-dealkylation sites (tertiary alicyclic amines) is 1. The predicted molar refractivity (Wildman–Crippen MR) is 117 cm³/mol. The maximum absolute atomic E-state index is 13.0. The highest BCUT2D eigenvalue weighted by atomic mass is 16.5. The molecular formula is C24H30N4O3. The lowest BCUT2D eigenvalue weighted by Gasteiger charge is -2.26. The molecule has 1 aromatic heterocycles. The summed E-state index contributed by atoms with van der Waals surface area (Å²) in [5.41, 5.74) is 1.98. The van der Waals surface area contributed by atoms with Crippen LogP contribution in [0.25, 0.3) is 0 Å². The number of ether oxygens (including phenoxy) is 1. The van der Waals surface area contributed by atoms with Gasteiger partial charge in [-0.1, -0.05) is 31.0 Å². The molecule has 1 aliphatic carbocycles. The molecule has 0 bridgehead atoms. The van der Waals surface area contributed by atoms with Crippen LogP contribution in [0.15, 0.2) is 30.5 Å². The molecule has 31 heavy (non-hydrogen) atoms. The number of aryl methyl sites for hydroxylation is 1. The lowest BCUT2D eigenvalue weighted by Crippen LogP contribution is -2.35. The van der Waals surface area contributed by atoms with E-state index in [-0.39, 0.29) is 23.8 Å². The zero-order valence-corrected chi connectivity index (χ0v) is 18.3. The first-order chi connectivity index (χ1) is 15.1. The smallest absolute Gasteiger partial charge is 0.254 e. The van der Waals surface area contributed by atoms with E-state index in [1.165, 1.54) is 0 Å². The van der Waals surface area contributed by atoms with Crippen molar-refractivity contribution in [3.63, 3.8) is 0 Å². The second-order valence-corrected chi connectivity index (χ2v) is 8.39. The third-order valence-corrected chi connectivity index (χ3v) is 6.41. The van der Waals surface area contributed by atoms with Crippen molar-refractivity contribution in [2.45, 2.75) is 58.0 Å². The Bertz CT molecular complexity index is 956. The molecule has 1 atom stereocenters. The van der Waals surface area contributed by atoms with Crippen LogP contribution < -0.4 is 10.1 Å². The molecule has 1 N–H and O–H groups in total. The number of nitrogens with one attached hydrogen (secondary N) is 1. The van der Waals surface area contributed by atoms with E-state index < -0.39 is 0 Å². The Morgan fingerprint density at radius 1 is 1.16 bits per heavy atom. The number of hydrogen-bond donors (Lipinski definition) is 1. The number of hydrogen-bond acceptors (Lipinski definition) is 5. The van der Waals surface area contributed by atoms with Crippen molar-refractivity contribution in [2.75, 3.05) is 13.7 Å². The lowest BCUT2D eigenvalue weighted by atomic mass is 10.1. The number of aromatic nitrogens is 2. The molecule has 2 fully saturated rings. The molecule has 7 nitrogen and oxygen atoms in total. The van der Waals surface area contributed by atoms with Crippen LogP contribution >= 0.6 is 0 Å². The van der Waals surface area contributed by atoms with Crippen LogP contribution in [-0.2, 0) is 11.3 Å². The average molecular weight is 423 g/mol. The predicted octanol–water partition coefficient (Wildman–Crippen LogP) is 3.58. The summed E-state index contributed by atoms with van der Waals surface area (Å²) in [6.07, 6.45) is 7.70. The molecule has 2 heterocycles. The van der Waals surface area contributed by atoms with Gasteiger partial charge >= 0.3 is 0 Å². The highest BCUT2D eigenvalue weighted by Crippen LogP contribution is 2.35. The number of carbonyl (C=O) groups excluding carboxylic acids is 2. The summed E-state index contributed by atoms with van der Waals surface area (Å²) in [6, 6.07) is 7.50. The number of carbonyl (C=O) groups is 2. The standard InChI is InChI=1S/C24H30N4O3/c1-16-19(23(29)26-14-18-10-5-6-12-21(18)31-2)15-25-22(27-16)20-11-7-13-28(20)24(30)17-8-3-4-9-17/h5-6,10,12,15,17,20H,3-4,7-9,11,13-14H2,1-2H3,(H,26,29)/t20-/m0/s1. The van der Waals surface area contributed by atoms with Crippen molar-refractivity contribution >= 4 is 11.8 Å². The van der Waals surface area contributed by atoms with Gasteiger partial charge in [-0.05, 0) is 38.7 Å². The Hall–Kier alpha value is -2.96. The number of methoxy groups -OCH3 is 1. The van der Waals surface area contributed by atoms with Gasteiger partial charge in [0.05, 0.1) is 24.4 Å². The SMILES string of the molecule is COc1ccccc1CNC(=O)c1cnc([C@@H]2CCCN2C(=O)C2CCCC2)nc1C. The molecule has 1 aromatic carbocycles. The fraction of sp³-hybridized carbons (Fsp3) is 0.500. The number of para-hydroxylation sites is 1. The zero-order chi connectivity index (χ0) is 21.8. The van der Waals surface area contributed by atoms with Gasteiger partial charge in [0.15, 0.2) is 5.82 Å². The minimum atomic E-state index is -0.222. The number of nitrogens with zero attached hydrogens (tertiary/aromatic N) is 3. The molecule has 2 aliphatic rings. The van der Waals surface area contributed by atoms with Gasteiger partial charge < -0.3 is 15.0 Å². The fourth-order valence-corrected chi connectivity index (χ4v) is 4.69. The molecule has 4 rings (SSSR count). The highest BCUT2D eigenvalue weighted by Gasteiger charge is 2.36. The van der Waals surface area contributed by atoms with Crippen molar-refractivity contribution in [1.29, 1.82) is 0 Å². The van der Waals surface area contributed by atoms with E-state index in [0.29, 0.717) is 23.6 Å². The Kier molecular flexibility index (Phi) is 6.49. The largest absolute Gasteiger partial charge is 0.496 e. The van der Waals surface area contributed by atoms with Gasteiger partial charge in [-0.15, -0.1) is 0 Å². The fourth-order valence-electron chi connectivity index (χ4n) is 4.69. The summed E-state index contributed by atoms with van der Waals surface area (Å²) in [5, 5.41) is 2.92. The number of benzene rings is 1. The molecule has 2 aromatic rings. The number of rotatable bonds is 6. The van der Waals surface area contributed by atoms with Gasteiger partial charge in [-0.3, -0.25) is 9.59 Å². The van der Waals surface area contributed by atoms with Gasteiger partial charge in [0, 0.05) is 30.8 Å². The van der Waals surface area contributed by atoms with Crippen LogP contribution in [0.1, 0.15) is 72.0 Å². The highest BCUT2D eigenvalue weighted by molar-refractivity contribution is 5.94. The molecule has 0 radical (unpaired) electrons. The van der Waals surface area contributed by atoms with Crippen LogP contribution in [0.5, 0.6) is 5.75 Å². The minimum Gasteiger partial charge on any atom is -0.496 e. The van der Waals surface area contributed by atoms with Crippen LogP contribution in [0, 0.1) is 12.8 Å². The van der Waals surface area contributed by atoms with E-state index in [0.717, 1.165) is 56.4 Å². The quantitative estimate of drug-likeness (QED) is 0.769. The van der Waals surface area contributed by atoms with E-state index in [4.69, 9.17) is 4.74 Å². The molecule has 1 aliphatic heterocycles. The Labute approximate surface area is 183 Å². The lowest BCUT2D eigenvalue weighted by molar-refractivity contribution is -0.136. The summed E-state index contributed by atoms with van der Waals surface area (Å²) in [6.45, 7) is 2.95. The normalized spacial score (nSPS) is 18.9. The first-order valence-electron chi connectivity index (χ1n) is 11.1. The Morgan fingerprint density at radius 2 is 1.94 bits per heavy atom. The first-order valence-corrected chi connectivity index (χ1v) is 11.1. The van der Waals surface area contributed by atoms with Crippen molar-refractivity contribution < 1.29 is 14.3 Å². The molecule has 1 saturated heterocycles. The number of amides is 2. The second kappa shape index (κ2) is 9.45. The van der Waals surface area contributed by atoms with Gasteiger partial charge in [-0.25, -0.2) is 9.97 Å². The Balaban J connectivity index is 1.44. The van der Waals surface area contributed by atoms with E-state index in [1.807, 2.05) is 36.1 Å². The minimum absolute atomic E-state index is 0.0857. The van der Waals surface area contributed by atoms with Gasteiger partial charge in [-0.2, -0.15) is 0 Å². The van der Waals surface area contributed by atoms with E-state index >= 15 is 0 Å². The topological polar surface area (TPSA) is 84.4 Å². The molecule has 1 saturated carbocycles. The summed E-state index contributed by atoms with van der Waals surface area (Å²) in [7, 11) is 1.61. The second-order valence-electron chi connectivity index (χ2n) is 8.39. The van der Waals surface area contributed by atoms with Gasteiger partial charge in [0.2, 0.25) is 5.91 Å². The molecule has 2 amide bonds. The van der Waals surface area contributed by atoms with Crippen LogP contribution in [0.3, 0.4) is 0 Å². The maximum atomic E-state index is 13.0. The van der Waals surface area contributed by atoms with E-state index in [2.05, 4.69) is 15.3 Å². The van der Waals surface area contributed by atoms with Gasteiger partial charge in [0.1, 0.15) is 5.75 Å². The van der Waals surface area contributed by atoms with Crippen LogP contribution in [0.2, 0.25) is 0 Å². The van der Waals surface area contributed by atoms with Crippen LogP contribution in [-0.4, -0.2) is 40.3 Å². The Morgan fingerprint density at radius 3 is 2.68 bits per heavy atom. The third kappa shape index (κ3) is 4.55. The molecule has 0 spiro atoms. The molecular weight excluding hydrogens is 392 g/mol. The summed E-state index contributed by atoms with van der Waals surface area (Å²) < 4.78 is 5.34. The summed E-state index contributed by atoms with van der Waals surface area (Å²) >= 11 is 0. The van der Waals surface area contributed by atoms with Crippen molar-refractivity contribution in [2.24, 2.45) is 5.92 Å². The van der Waals surface area contributed by atoms with Crippen molar-refractivity contribution in [3.8, 4) is 5.75 Å². The summed E-state index contributed by atoms with van der Waals surface area (Å²) in [4.78, 5) is 36.8. The molecule has 164 valence electrons. The van der Waals surface area contributed by atoms with E-state index in [9.17, 15) is 9.59 Å². The van der Waals surface area contributed by atoms with E-state index in [1.54, 1.807) is 13.3 Å². The zero-order valence-electron chi connectivity index (χ0n) is 18.3. The average Bonchev–Trinajstić information content (AvgIpc) is 3.49. The first kappa shape index (κ1) is 21.3. The van der Waals surface area contributed by atoms with Crippen molar-refractivity contribution in [3.05, 3.63) is 53.1 Å². The third-order valence-electron chi connectivity index (χ3n) is 6.41. The maximum Gasteiger partial charge on any atom is 0.254 e. The van der Waals surface area contributed by atoms with Gasteiger partial charge in [0.25, 0.3) is 5.91 Å². The van der Waals surface area contributed by atoms with Crippen LogP contribution in [0.4, 0.5) is 0 Å².